The summed E-state index contributed by atoms with van der Waals surface area (Å²) in [5, 5.41) is 11.3. The molecule has 0 saturated heterocycles. The Bertz CT molecular complexity index is 1750. The lowest BCUT2D eigenvalue weighted by Crippen LogP contribution is -2.11. The molecule has 0 heterocycles. The van der Waals surface area contributed by atoms with Gasteiger partial charge >= 0.3 is 0 Å². The van der Waals surface area contributed by atoms with Crippen LogP contribution in [0.25, 0.3) is 33.0 Å². The van der Waals surface area contributed by atoms with Crippen molar-refractivity contribution in [2.45, 2.75) is 138 Å². The standard InChI is InChI=1S/C52H76O7/c1-6-9-12-15-18-26-57-50-23-21-43(38-45(50)40-56-33-32-55-31-30-54-29-25-53)46-34-41(4)37-49-47(35-42(5)36-48(46)49)44-22-24-51(58-27-19-16-13-10-7-2)52(39-44)59-28-20-17-14-11-8-3/h21-24,34-39,53H,6-20,25-33,40H2,1-5H3. The SMILES string of the molecule is CCCCCCCOc1ccc(-c2cc(C)cc3c(-c4ccc(OCCCCCCC)c(OCCCCCCC)c4)cc(C)cc23)cc1COCCOCCOCCO. The van der Waals surface area contributed by atoms with Crippen LogP contribution in [0.1, 0.15) is 134 Å². The molecule has 0 amide bonds. The Morgan fingerprint density at radius 2 is 0.847 bits per heavy atom. The number of aliphatic hydroxyl groups excluding tert-OH is 1. The molecule has 59 heavy (non-hydrogen) atoms. The monoisotopic (exact) mass is 813 g/mol. The molecular weight excluding hydrogens is 737 g/mol. The summed E-state index contributed by atoms with van der Waals surface area (Å²) in [7, 11) is 0. The Hall–Kier alpha value is -3.62. The molecule has 326 valence electrons. The third-order valence-electron chi connectivity index (χ3n) is 10.7. The molecule has 0 aromatic heterocycles. The van der Waals surface area contributed by atoms with Gasteiger partial charge in [-0.25, -0.2) is 0 Å². The van der Waals surface area contributed by atoms with E-state index < -0.39 is 0 Å². The molecule has 0 atom stereocenters. The first-order valence-corrected chi connectivity index (χ1v) is 23.0. The molecule has 0 aliphatic carbocycles. The summed E-state index contributed by atoms with van der Waals surface area (Å²) in [6.45, 7) is 15.8. The number of hydrogen-bond acceptors (Lipinski definition) is 7. The van der Waals surface area contributed by atoms with E-state index in [0.29, 0.717) is 59.5 Å². The van der Waals surface area contributed by atoms with Gasteiger partial charge < -0.3 is 33.5 Å². The molecule has 0 fully saturated rings. The fraction of sp³-hybridized carbons (Fsp3) is 0.577. The molecule has 0 unspecified atom stereocenters. The molecule has 7 heteroatoms. The van der Waals surface area contributed by atoms with Crippen LogP contribution in [0.3, 0.4) is 0 Å². The van der Waals surface area contributed by atoms with Gasteiger partial charge in [0, 0.05) is 5.56 Å². The second-order valence-corrected chi connectivity index (χ2v) is 16.0. The highest BCUT2D eigenvalue weighted by Gasteiger charge is 2.16. The zero-order valence-corrected chi connectivity index (χ0v) is 37.3. The average molecular weight is 813 g/mol. The molecule has 0 spiro atoms. The number of ether oxygens (including phenoxy) is 6. The van der Waals surface area contributed by atoms with Gasteiger partial charge in [0.15, 0.2) is 11.5 Å². The first-order chi connectivity index (χ1) is 29.0. The third-order valence-corrected chi connectivity index (χ3v) is 10.7. The van der Waals surface area contributed by atoms with E-state index in [4.69, 9.17) is 33.5 Å². The van der Waals surface area contributed by atoms with Gasteiger partial charge in [-0.1, -0.05) is 134 Å². The van der Waals surface area contributed by atoms with Gasteiger partial charge in [0.25, 0.3) is 0 Å². The van der Waals surface area contributed by atoms with Crippen molar-refractivity contribution < 1.29 is 33.5 Å². The summed E-state index contributed by atoms with van der Waals surface area (Å²) < 4.78 is 36.4. The van der Waals surface area contributed by atoms with Crippen molar-refractivity contribution in [2.75, 3.05) is 59.5 Å². The fourth-order valence-electron chi connectivity index (χ4n) is 7.49. The van der Waals surface area contributed by atoms with Gasteiger partial charge in [-0.2, -0.15) is 0 Å². The molecule has 4 aromatic rings. The van der Waals surface area contributed by atoms with Crippen molar-refractivity contribution in [1.29, 1.82) is 0 Å². The Labute approximate surface area is 357 Å². The molecule has 0 bridgehead atoms. The Balaban J connectivity index is 1.62. The second kappa shape index (κ2) is 28.8. The summed E-state index contributed by atoms with van der Waals surface area (Å²) in [5.41, 5.74) is 8.09. The van der Waals surface area contributed by atoms with E-state index in [1.54, 1.807) is 0 Å². The van der Waals surface area contributed by atoms with Gasteiger partial charge in [0.05, 0.1) is 66.1 Å². The quantitative estimate of drug-likeness (QED) is 0.0480. The first-order valence-electron chi connectivity index (χ1n) is 23.0. The van der Waals surface area contributed by atoms with E-state index in [0.717, 1.165) is 53.2 Å². The summed E-state index contributed by atoms with van der Waals surface area (Å²) in [6.07, 6.45) is 18.0. The first kappa shape index (κ1) is 48.1. The van der Waals surface area contributed by atoms with Crippen LogP contribution in [0.2, 0.25) is 0 Å². The molecule has 0 aliphatic rings. The predicted octanol–water partition coefficient (Wildman–Crippen LogP) is 13.4. The van der Waals surface area contributed by atoms with Gasteiger partial charge in [0.2, 0.25) is 0 Å². The van der Waals surface area contributed by atoms with Crippen molar-refractivity contribution in [3.63, 3.8) is 0 Å². The summed E-state index contributed by atoms with van der Waals surface area (Å²) in [6, 6.07) is 22.3. The van der Waals surface area contributed by atoms with Crippen LogP contribution in [0.5, 0.6) is 17.2 Å². The maximum Gasteiger partial charge on any atom is 0.161 e. The van der Waals surface area contributed by atoms with Gasteiger partial charge in [-0.15, -0.1) is 0 Å². The number of unbranched alkanes of at least 4 members (excludes halogenated alkanes) is 12. The van der Waals surface area contributed by atoms with Crippen LogP contribution in [-0.2, 0) is 20.8 Å². The zero-order valence-electron chi connectivity index (χ0n) is 37.3. The van der Waals surface area contributed by atoms with Crippen LogP contribution in [0.4, 0.5) is 0 Å². The fourth-order valence-corrected chi connectivity index (χ4v) is 7.49. The summed E-state index contributed by atoms with van der Waals surface area (Å²) in [5.74, 6) is 2.54. The number of rotatable bonds is 33. The number of aryl methyl sites for hydroxylation is 2. The average Bonchev–Trinajstić information content (AvgIpc) is 3.24. The van der Waals surface area contributed by atoms with Crippen molar-refractivity contribution >= 4 is 10.8 Å². The highest BCUT2D eigenvalue weighted by molar-refractivity contribution is 6.05. The van der Waals surface area contributed by atoms with E-state index in [-0.39, 0.29) is 6.61 Å². The maximum absolute atomic E-state index is 8.91. The van der Waals surface area contributed by atoms with E-state index in [1.165, 1.54) is 110 Å². The van der Waals surface area contributed by atoms with Crippen LogP contribution in [0.15, 0.2) is 60.7 Å². The van der Waals surface area contributed by atoms with Crippen LogP contribution >= 0.6 is 0 Å². The molecule has 4 rings (SSSR count). The summed E-state index contributed by atoms with van der Waals surface area (Å²) in [4.78, 5) is 0. The van der Waals surface area contributed by atoms with E-state index in [1.807, 2.05) is 0 Å². The number of benzene rings is 4. The number of fused-ring (bicyclic) bond motifs is 1. The Kier molecular flexibility index (Phi) is 23.4. The molecular formula is C52H76O7. The Morgan fingerprint density at radius 3 is 1.37 bits per heavy atom. The topological polar surface area (TPSA) is 75.6 Å². The van der Waals surface area contributed by atoms with Crippen LogP contribution in [0, 0.1) is 13.8 Å². The highest BCUT2D eigenvalue weighted by atomic mass is 16.5. The van der Waals surface area contributed by atoms with Crippen LogP contribution in [-0.4, -0.2) is 64.6 Å². The van der Waals surface area contributed by atoms with Gasteiger partial charge in [-0.3, -0.25) is 0 Å². The minimum Gasteiger partial charge on any atom is -0.493 e. The smallest absolute Gasteiger partial charge is 0.161 e. The molecule has 0 radical (unpaired) electrons. The Morgan fingerprint density at radius 1 is 0.407 bits per heavy atom. The number of aliphatic hydroxyl groups is 1. The normalized spacial score (nSPS) is 11.4. The number of hydrogen-bond donors (Lipinski definition) is 1. The molecule has 0 aliphatic heterocycles. The third kappa shape index (κ3) is 17.1. The summed E-state index contributed by atoms with van der Waals surface area (Å²) >= 11 is 0. The lowest BCUT2D eigenvalue weighted by atomic mass is 9.89. The largest absolute Gasteiger partial charge is 0.493 e. The second-order valence-electron chi connectivity index (χ2n) is 16.0. The van der Waals surface area contributed by atoms with Crippen molar-refractivity contribution in [3.8, 4) is 39.5 Å². The lowest BCUT2D eigenvalue weighted by molar-refractivity contribution is 0.00422. The zero-order chi connectivity index (χ0) is 41.9. The molecule has 7 nitrogen and oxygen atoms in total. The van der Waals surface area contributed by atoms with E-state index in [2.05, 4.69) is 95.3 Å². The maximum atomic E-state index is 8.91. The van der Waals surface area contributed by atoms with Gasteiger partial charge in [0.1, 0.15) is 5.75 Å². The predicted molar refractivity (Wildman–Crippen MR) is 245 cm³/mol. The molecule has 4 aromatic carbocycles. The van der Waals surface area contributed by atoms with Gasteiger partial charge in [-0.05, 0) is 102 Å². The minimum absolute atomic E-state index is 0.0169. The molecule has 0 saturated carbocycles. The van der Waals surface area contributed by atoms with Crippen molar-refractivity contribution in [3.05, 3.63) is 77.4 Å². The highest BCUT2D eigenvalue weighted by Crippen LogP contribution is 2.41. The van der Waals surface area contributed by atoms with E-state index in [9.17, 15) is 0 Å². The van der Waals surface area contributed by atoms with Crippen molar-refractivity contribution in [1.82, 2.24) is 0 Å². The van der Waals surface area contributed by atoms with Crippen molar-refractivity contribution in [2.24, 2.45) is 0 Å². The lowest BCUT2D eigenvalue weighted by Gasteiger charge is -2.18. The minimum atomic E-state index is 0.0169. The van der Waals surface area contributed by atoms with Crippen LogP contribution < -0.4 is 14.2 Å². The molecule has 1 N–H and O–H groups in total. The van der Waals surface area contributed by atoms with E-state index >= 15 is 0 Å².